The number of aromatic nitrogens is 4. The molecule has 0 fully saturated rings. The predicted molar refractivity (Wildman–Crippen MR) is 75.4 cm³/mol. The van der Waals surface area contributed by atoms with Crippen molar-refractivity contribution in [2.45, 2.75) is 19.4 Å². The van der Waals surface area contributed by atoms with Crippen molar-refractivity contribution in [3.63, 3.8) is 0 Å². The molecule has 2 aromatic rings. The molecule has 0 atom stereocenters. The van der Waals surface area contributed by atoms with Crippen molar-refractivity contribution >= 4 is 21.9 Å². The van der Waals surface area contributed by atoms with Crippen molar-refractivity contribution in [1.29, 1.82) is 0 Å². The lowest BCUT2D eigenvalue weighted by Gasteiger charge is -2.34. The van der Waals surface area contributed by atoms with Gasteiger partial charge in [0.25, 0.3) is 5.95 Å². The number of anilines is 1. The Morgan fingerprint density at radius 1 is 1.28 bits per heavy atom. The Kier molecular flexibility index (Phi) is 3.65. The third-order valence-corrected chi connectivity index (χ3v) is 4.36. The van der Waals surface area contributed by atoms with Crippen LogP contribution < -0.4 is 4.90 Å². The molecule has 0 bridgehead atoms. The van der Waals surface area contributed by atoms with Crippen LogP contribution in [0, 0.1) is 0 Å². The first-order valence-corrected chi connectivity index (χ1v) is 6.82. The zero-order valence-electron chi connectivity index (χ0n) is 10.7. The molecule has 1 aromatic heterocycles. The van der Waals surface area contributed by atoms with Gasteiger partial charge in [-0.25, -0.2) is 0 Å². The summed E-state index contributed by atoms with van der Waals surface area (Å²) < 4.78 is 1.74. The zero-order valence-corrected chi connectivity index (χ0v) is 12.3. The van der Waals surface area contributed by atoms with Gasteiger partial charge in [-0.15, -0.1) is 0 Å². The summed E-state index contributed by atoms with van der Waals surface area (Å²) in [7, 11) is 1.99. The third-order valence-electron chi connectivity index (χ3n) is 2.99. The van der Waals surface area contributed by atoms with Crippen LogP contribution in [-0.2, 0) is 0 Å². The molecule has 1 heterocycles. The lowest BCUT2D eigenvalue weighted by molar-refractivity contribution is 0.535. The van der Waals surface area contributed by atoms with E-state index >= 15 is 0 Å². The number of halogens is 1. The molecule has 0 aliphatic rings. The number of hydrogen-bond donors (Lipinski definition) is 0. The maximum atomic E-state index is 4.11. The van der Waals surface area contributed by atoms with E-state index in [1.165, 1.54) is 0 Å². The van der Waals surface area contributed by atoms with Gasteiger partial charge >= 0.3 is 0 Å². The third kappa shape index (κ3) is 2.38. The molecule has 0 radical (unpaired) electrons. The van der Waals surface area contributed by atoms with Gasteiger partial charge in [0.2, 0.25) is 0 Å². The van der Waals surface area contributed by atoms with Crippen LogP contribution in [0.15, 0.2) is 30.3 Å². The van der Waals surface area contributed by atoms with Crippen molar-refractivity contribution in [1.82, 2.24) is 20.2 Å². The molecule has 96 valence electrons. The fourth-order valence-electron chi connectivity index (χ4n) is 1.49. The van der Waals surface area contributed by atoms with Crippen molar-refractivity contribution in [3.05, 3.63) is 30.3 Å². The Balaban J connectivity index is 2.40. The number of tetrazole rings is 1. The van der Waals surface area contributed by atoms with Gasteiger partial charge in [0.1, 0.15) is 0 Å². The monoisotopic (exact) mass is 309 g/mol. The van der Waals surface area contributed by atoms with Crippen LogP contribution in [0.4, 0.5) is 5.95 Å². The number of alkyl halides is 1. The van der Waals surface area contributed by atoms with E-state index in [9.17, 15) is 0 Å². The van der Waals surface area contributed by atoms with E-state index in [0.29, 0.717) is 0 Å². The lowest BCUT2D eigenvalue weighted by Crippen LogP contribution is -2.44. The molecule has 0 unspecified atom stereocenters. The summed E-state index contributed by atoms with van der Waals surface area (Å²) in [6.45, 7) is 4.26. The number of para-hydroxylation sites is 1. The molecule has 0 N–H and O–H groups in total. The molecule has 0 spiro atoms. The predicted octanol–water partition coefficient (Wildman–Crippen LogP) is 2.27. The highest BCUT2D eigenvalue weighted by Gasteiger charge is 2.26. The van der Waals surface area contributed by atoms with E-state index < -0.39 is 0 Å². The highest BCUT2D eigenvalue weighted by atomic mass is 79.9. The number of nitrogens with zero attached hydrogens (tertiary/aromatic N) is 5. The van der Waals surface area contributed by atoms with Crippen molar-refractivity contribution in [2.24, 2.45) is 0 Å². The van der Waals surface area contributed by atoms with E-state index in [1.807, 2.05) is 37.4 Å². The Morgan fingerprint density at radius 2 is 1.94 bits per heavy atom. The highest BCUT2D eigenvalue weighted by Crippen LogP contribution is 2.23. The topological polar surface area (TPSA) is 46.8 Å². The van der Waals surface area contributed by atoms with E-state index in [2.05, 4.69) is 50.2 Å². The van der Waals surface area contributed by atoms with Crippen molar-refractivity contribution < 1.29 is 0 Å². The van der Waals surface area contributed by atoms with Gasteiger partial charge in [0, 0.05) is 17.9 Å². The maximum Gasteiger partial charge on any atom is 0.250 e. The first-order chi connectivity index (χ1) is 8.56. The first-order valence-electron chi connectivity index (χ1n) is 5.70. The Bertz CT molecular complexity index is 508. The molecule has 0 saturated carbocycles. The first kappa shape index (κ1) is 13.0. The van der Waals surface area contributed by atoms with Gasteiger partial charge in [-0.05, 0) is 36.4 Å². The summed E-state index contributed by atoms with van der Waals surface area (Å²) in [5, 5.41) is 12.8. The molecule has 0 aliphatic carbocycles. The van der Waals surface area contributed by atoms with Gasteiger partial charge in [0.05, 0.1) is 5.69 Å². The molecule has 0 amide bonds. The normalized spacial score (nSPS) is 11.6. The van der Waals surface area contributed by atoms with Gasteiger partial charge in [0.15, 0.2) is 0 Å². The molecule has 0 saturated heterocycles. The maximum absolute atomic E-state index is 4.11. The number of rotatable bonds is 4. The zero-order chi connectivity index (χ0) is 13.2. The van der Waals surface area contributed by atoms with E-state index in [0.717, 1.165) is 17.0 Å². The molecule has 18 heavy (non-hydrogen) atoms. The molecule has 2 rings (SSSR count). The van der Waals surface area contributed by atoms with Crippen molar-refractivity contribution in [3.8, 4) is 5.69 Å². The summed E-state index contributed by atoms with van der Waals surface area (Å²) in [5.74, 6) is 0.727. The fraction of sp³-hybridized carbons (Fsp3) is 0.417. The van der Waals surface area contributed by atoms with E-state index in [1.54, 1.807) is 4.68 Å². The largest absolute Gasteiger partial charge is 0.336 e. The van der Waals surface area contributed by atoms with Crippen LogP contribution in [0.1, 0.15) is 13.8 Å². The smallest absolute Gasteiger partial charge is 0.250 e. The second-order valence-electron chi connectivity index (χ2n) is 4.73. The van der Waals surface area contributed by atoms with Crippen LogP contribution in [0.3, 0.4) is 0 Å². The van der Waals surface area contributed by atoms with Crippen LogP contribution in [0.5, 0.6) is 0 Å². The average Bonchev–Trinajstić information content (AvgIpc) is 2.87. The lowest BCUT2D eigenvalue weighted by atomic mass is 10.1. The minimum atomic E-state index is -0.0682. The van der Waals surface area contributed by atoms with Crippen LogP contribution in [0.2, 0.25) is 0 Å². The van der Waals surface area contributed by atoms with Crippen molar-refractivity contribution in [2.75, 3.05) is 17.3 Å². The minimum Gasteiger partial charge on any atom is -0.336 e. The number of hydrogen-bond acceptors (Lipinski definition) is 4. The van der Waals surface area contributed by atoms with Crippen LogP contribution in [-0.4, -0.2) is 38.1 Å². The molecular weight excluding hydrogens is 294 g/mol. The van der Waals surface area contributed by atoms with Gasteiger partial charge in [-0.3, -0.25) is 0 Å². The standard InChI is InChI=1S/C12H16BrN5/c1-12(2,9-13)17(3)11-14-15-16-18(11)10-7-5-4-6-8-10/h4-8H,9H2,1-3H3. The van der Waals surface area contributed by atoms with Gasteiger partial charge in [-0.2, -0.15) is 4.68 Å². The quantitative estimate of drug-likeness (QED) is 0.813. The Morgan fingerprint density at radius 3 is 2.56 bits per heavy atom. The summed E-state index contributed by atoms with van der Waals surface area (Å²) in [6.07, 6.45) is 0. The van der Waals surface area contributed by atoms with Gasteiger partial charge in [-0.1, -0.05) is 39.2 Å². The Labute approximate surface area is 115 Å². The highest BCUT2D eigenvalue weighted by molar-refractivity contribution is 9.09. The summed E-state index contributed by atoms with van der Waals surface area (Å²) >= 11 is 3.52. The summed E-state index contributed by atoms with van der Waals surface area (Å²) in [6, 6.07) is 9.87. The second-order valence-corrected chi connectivity index (χ2v) is 5.29. The van der Waals surface area contributed by atoms with E-state index in [-0.39, 0.29) is 5.54 Å². The average molecular weight is 310 g/mol. The van der Waals surface area contributed by atoms with E-state index in [4.69, 9.17) is 0 Å². The van der Waals surface area contributed by atoms with Gasteiger partial charge < -0.3 is 4.90 Å². The summed E-state index contributed by atoms with van der Waals surface area (Å²) in [4.78, 5) is 2.06. The number of benzene rings is 1. The Hall–Kier alpha value is -1.43. The SMILES string of the molecule is CN(c1nnnn1-c1ccccc1)C(C)(C)CBr. The molecule has 0 aliphatic heterocycles. The summed E-state index contributed by atoms with van der Waals surface area (Å²) in [5.41, 5.74) is 0.885. The molecular formula is C12H16BrN5. The molecule has 5 nitrogen and oxygen atoms in total. The minimum absolute atomic E-state index is 0.0682. The van der Waals surface area contributed by atoms with Crippen LogP contribution in [0.25, 0.3) is 5.69 Å². The fourth-order valence-corrected chi connectivity index (χ4v) is 1.86. The van der Waals surface area contributed by atoms with Crippen LogP contribution >= 0.6 is 15.9 Å². The second kappa shape index (κ2) is 5.06. The molecule has 1 aromatic carbocycles. The molecule has 6 heteroatoms.